The van der Waals surface area contributed by atoms with Gasteiger partial charge < -0.3 is 4.90 Å². The minimum Gasteiger partial charge on any atom is -0.369 e. The molecule has 1 aromatic rings. The number of nitrogens with zero attached hydrogens (tertiary/aromatic N) is 1. The van der Waals surface area contributed by atoms with Gasteiger partial charge in [0.1, 0.15) is 0 Å². The molecular weight excluding hydrogens is 274 g/mol. The normalized spacial score (nSPS) is 11.3. The van der Waals surface area contributed by atoms with E-state index in [2.05, 4.69) is 73.6 Å². The van der Waals surface area contributed by atoms with E-state index in [1.807, 2.05) is 0 Å². The van der Waals surface area contributed by atoms with Crippen LogP contribution in [-0.2, 0) is 5.33 Å². The third-order valence-electron chi connectivity index (χ3n) is 2.91. The van der Waals surface area contributed by atoms with Crippen LogP contribution in [0, 0.1) is 12.8 Å². The summed E-state index contributed by atoms with van der Waals surface area (Å²) in [4.78, 5) is 2.50. The highest BCUT2D eigenvalue weighted by molar-refractivity contribution is 9.08. The molecule has 2 heteroatoms. The van der Waals surface area contributed by atoms with E-state index in [0.717, 1.165) is 11.9 Å². The molecule has 0 aliphatic rings. The van der Waals surface area contributed by atoms with Crippen LogP contribution < -0.4 is 4.90 Å². The van der Waals surface area contributed by atoms with Gasteiger partial charge in [-0.3, -0.25) is 0 Å². The van der Waals surface area contributed by atoms with Crippen molar-refractivity contribution in [2.45, 2.75) is 46.0 Å². The summed E-state index contributed by atoms with van der Waals surface area (Å²) in [5.74, 6) is 0.688. The van der Waals surface area contributed by atoms with Gasteiger partial charge in [0.15, 0.2) is 0 Å². The number of hydrogen-bond acceptors (Lipinski definition) is 1. The van der Waals surface area contributed by atoms with E-state index < -0.39 is 0 Å². The molecule has 0 saturated carbocycles. The van der Waals surface area contributed by atoms with Gasteiger partial charge >= 0.3 is 0 Å². The average Bonchev–Trinajstić information content (AvgIpc) is 2.25. The second kappa shape index (κ2) is 6.44. The molecular formula is C15H24BrN. The number of rotatable bonds is 5. The fourth-order valence-corrected chi connectivity index (χ4v) is 2.45. The Morgan fingerprint density at radius 2 is 1.82 bits per heavy atom. The van der Waals surface area contributed by atoms with Gasteiger partial charge in [-0.25, -0.2) is 0 Å². The lowest BCUT2D eigenvalue weighted by Gasteiger charge is -2.32. The summed E-state index contributed by atoms with van der Waals surface area (Å²) in [5.41, 5.74) is 4.09. The number of aryl methyl sites for hydroxylation is 1. The first kappa shape index (κ1) is 14.6. The Hall–Kier alpha value is -0.500. The zero-order valence-corrected chi connectivity index (χ0v) is 13.2. The third kappa shape index (κ3) is 4.02. The van der Waals surface area contributed by atoms with Gasteiger partial charge in [0, 0.05) is 23.6 Å². The molecule has 0 N–H and O–H groups in total. The van der Waals surface area contributed by atoms with Crippen molar-refractivity contribution in [1.29, 1.82) is 0 Å². The maximum absolute atomic E-state index is 3.51. The molecule has 0 fully saturated rings. The summed E-state index contributed by atoms with van der Waals surface area (Å²) in [6, 6.07) is 7.30. The van der Waals surface area contributed by atoms with Crippen LogP contribution in [-0.4, -0.2) is 12.6 Å². The molecule has 0 aliphatic carbocycles. The molecule has 0 amide bonds. The molecule has 0 aromatic heterocycles. The summed E-state index contributed by atoms with van der Waals surface area (Å²) in [7, 11) is 0. The fourth-order valence-electron chi connectivity index (χ4n) is 2.10. The molecule has 1 aromatic carbocycles. The van der Waals surface area contributed by atoms with Crippen LogP contribution in [0.4, 0.5) is 5.69 Å². The van der Waals surface area contributed by atoms with Crippen molar-refractivity contribution in [3.8, 4) is 0 Å². The maximum atomic E-state index is 3.51. The van der Waals surface area contributed by atoms with E-state index in [4.69, 9.17) is 0 Å². The van der Waals surface area contributed by atoms with Gasteiger partial charge in [-0.15, -0.1) is 0 Å². The van der Waals surface area contributed by atoms with Crippen molar-refractivity contribution < 1.29 is 0 Å². The number of anilines is 1. The summed E-state index contributed by atoms with van der Waals surface area (Å²) < 4.78 is 0. The molecule has 0 spiro atoms. The first-order chi connectivity index (χ1) is 7.95. The van der Waals surface area contributed by atoms with Gasteiger partial charge in [0.25, 0.3) is 0 Å². The number of halogens is 1. The first-order valence-corrected chi connectivity index (χ1v) is 7.50. The summed E-state index contributed by atoms with van der Waals surface area (Å²) in [6.07, 6.45) is 0. The fraction of sp³-hybridized carbons (Fsp3) is 0.600. The molecule has 17 heavy (non-hydrogen) atoms. The summed E-state index contributed by atoms with van der Waals surface area (Å²) in [6.45, 7) is 12.4. The van der Waals surface area contributed by atoms with E-state index in [1.54, 1.807) is 0 Å². The van der Waals surface area contributed by atoms with Crippen molar-refractivity contribution in [2.24, 2.45) is 5.92 Å². The van der Waals surface area contributed by atoms with Crippen LogP contribution in [0.2, 0.25) is 0 Å². The molecule has 0 saturated heterocycles. The largest absolute Gasteiger partial charge is 0.369 e. The monoisotopic (exact) mass is 297 g/mol. The maximum Gasteiger partial charge on any atom is 0.0398 e. The predicted octanol–water partition coefficient (Wildman–Crippen LogP) is 4.76. The van der Waals surface area contributed by atoms with Crippen molar-refractivity contribution >= 4 is 21.6 Å². The third-order valence-corrected chi connectivity index (χ3v) is 3.56. The first-order valence-electron chi connectivity index (χ1n) is 6.37. The van der Waals surface area contributed by atoms with Crippen molar-refractivity contribution in [3.05, 3.63) is 29.3 Å². The van der Waals surface area contributed by atoms with E-state index >= 15 is 0 Å². The molecule has 96 valence electrons. The van der Waals surface area contributed by atoms with E-state index in [-0.39, 0.29) is 0 Å². The minimum absolute atomic E-state index is 0.547. The van der Waals surface area contributed by atoms with Crippen molar-refractivity contribution in [3.63, 3.8) is 0 Å². The Balaban J connectivity index is 3.01. The smallest absolute Gasteiger partial charge is 0.0398 e. The van der Waals surface area contributed by atoms with Gasteiger partial charge in [0.05, 0.1) is 0 Å². The standard InChI is InChI=1S/C15H24BrN/c1-11(2)10-17(12(3)4)15-7-6-14(9-16)8-13(15)5/h6-8,11-12H,9-10H2,1-5H3. The molecule has 0 bridgehead atoms. The van der Waals surface area contributed by atoms with Gasteiger partial charge in [-0.1, -0.05) is 41.9 Å². The highest BCUT2D eigenvalue weighted by Crippen LogP contribution is 2.25. The van der Waals surface area contributed by atoms with Gasteiger partial charge in [-0.05, 0) is 43.9 Å². The predicted molar refractivity (Wildman–Crippen MR) is 81.1 cm³/mol. The van der Waals surface area contributed by atoms with Crippen molar-refractivity contribution in [1.82, 2.24) is 0 Å². The van der Waals surface area contributed by atoms with E-state index in [9.17, 15) is 0 Å². The van der Waals surface area contributed by atoms with Crippen LogP contribution >= 0.6 is 15.9 Å². The van der Waals surface area contributed by atoms with Gasteiger partial charge in [0.2, 0.25) is 0 Å². The lowest BCUT2D eigenvalue weighted by molar-refractivity contribution is 0.570. The topological polar surface area (TPSA) is 3.24 Å². The lowest BCUT2D eigenvalue weighted by Crippen LogP contribution is -2.34. The quantitative estimate of drug-likeness (QED) is 0.708. The Morgan fingerprint density at radius 1 is 1.18 bits per heavy atom. The zero-order valence-electron chi connectivity index (χ0n) is 11.6. The van der Waals surface area contributed by atoms with E-state index in [0.29, 0.717) is 12.0 Å². The lowest BCUT2D eigenvalue weighted by atomic mass is 10.1. The van der Waals surface area contributed by atoms with Crippen LogP contribution in [0.1, 0.15) is 38.8 Å². The Labute approximate surface area is 114 Å². The Kier molecular flexibility index (Phi) is 5.51. The number of benzene rings is 1. The molecule has 0 aliphatic heterocycles. The molecule has 0 radical (unpaired) electrons. The summed E-state index contributed by atoms with van der Waals surface area (Å²) in [5, 5.41) is 0.931. The van der Waals surface area contributed by atoms with Crippen LogP contribution in [0.25, 0.3) is 0 Å². The molecule has 0 atom stereocenters. The van der Waals surface area contributed by atoms with Crippen LogP contribution in [0.5, 0.6) is 0 Å². The van der Waals surface area contributed by atoms with E-state index in [1.165, 1.54) is 16.8 Å². The molecule has 0 heterocycles. The average molecular weight is 298 g/mol. The second-order valence-corrected chi connectivity index (χ2v) is 5.96. The SMILES string of the molecule is Cc1cc(CBr)ccc1N(CC(C)C)C(C)C. The second-order valence-electron chi connectivity index (χ2n) is 5.39. The molecule has 0 unspecified atom stereocenters. The summed E-state index contributed by atoms with van der Waals surface area (Å²) >= 11 is 3.51. The molecule has 1 rings (SSSR count). The Bertz CT molecular complexity index is 358. The van der Waals surface area contributed by atoms with Gasteiger partial charge in [-0.2, -0.15) is 0 Å². The minimum atomic E-state index is 0.547. The van der Waals surface area contributed by atoms with Crippen LogP contribution in [0.3, 0.4) is 0 Å². The highest BCUT2D eigenvalue weighted by Gasteiger charge is 2.14. The van der Waals surface area contributed by atoms with Crippen LogP contribution in [0.15, 0.2) is 18.2 Å². The Morgan fingerprint density at radius 3 is 2.24 bits per heavy atom. The number of hydrogen-bond donors (Lipinski definition) is 0. The zero-order chi connectivity index (χ0) is 13.0. The van der Waals surface area contributed by atoms with Crippen molar-refractivity contribution in [2.75, 3.05) is 11.4 Å². The highest BCUT2D eigenvalue weighted by atomic mass is 79.9. The molecule has 1 nitrogen and oxygen atoms in total. The number of alkyl halides is 1.